The van der Waals surface area contributed by atoms with Crippen molar-refractivity contribution in [1.82, 2.24) is 25.1 Å². The minimum atomic E-state index is -0.752. The number of hydrogen-bond acceptors (Lipinski definition) is 8. The number of piperidine rings is 1. The van der Waals surface area contributed by atoms with E-state index in [-0.39, 0.29) is 0 Å². The van der Waals surface area contributed by atoms with E-state index in [9.17, 15) is 4.79 Å². The second-order valence-corrected chi connectivity index (χ2v) is 7.42. The molecule has 1 amide bonds. The molecule has 1 aliphatic rings. The van der Waals surface area contributed by atoms with Crippen molar-refractivity contribution >= 4 is 34.7 Å². The molecule has 11 heteroatoms. The van der Waals surface area contributed by atoms with E-state index in [1.54, 1.807) is 18.5 Å². The van der Waals surface area contributed by atoms with Gasteiger partial charge in [-0.15, -0.1) is 0 Å². The molecule has 1 fully saturated rings. The highest BCUT2D eigenvalue weighted by Gasteiger charge is 2.33. The first-order valence-corrected chi connectivity index (χ1v) is 9.41. The third-order valence-corrected chi connectivity index (χ3v) is 5.43. The highest BCUT2D eigenvalue weighted by atomic mass is 35.5. The number of amides is 1. The second-order valence-electron chi connectivity index (χ2n) is 7.04. The first kappa shape index (κ1) is 19.2. The SMILES string of the molecule is COc1nccc(-c2[nH]nc3nc(N4CCC(C)(OC(N)=O)CC4)cnc23)c1Cl. The molecule has 3 N–H and O–H groups in total. The summed E-state index contributed by atoms with van der Waals surface area (Å²) < 4.78 is 10.4. The number of hydrogen-bond donors (Lipinski definition) is 2. The van der Waals surface area contributed by atoms with Crippen molar-refractivity contribution in [2.45, 2.75) is 25.4 Å². The summed E-state index contributed by atoms with van der Waals surface area (Å²) in [4.78, 5) is 26.4. The number of pyridine rings is 1. The number of ether oxygens (including phenoxy) is 2. The van der Waals surface area contributed by atoms with Crippen LogP contribution in [0.3, 0.4) is 0 Å². The quantitative estimate of drug-likeness (QED) is 0.661. The number of carbonyl (C=O) groups excluding carboxylic acids is 1. The Morgan fingerprint density at radius 1 is 1.34 bits per heavy atom. The summed E-state index contributed by atoms with van der Waals surface area (Å²) >= 11 is 6.38. The van der Waals surface area contributed by atoms with Gasteiger partial charge in [-0.3, -0.25) is 5.10 Å². The first-order valence-electron chi connectivity index (χ1n) is 9.03. The highest BCUT2D eigenvalue weighted by Crippen LogP contribution is 2.35. The molecule has 29 heavy (non-hydrogen) atoms. The number of aromatic amines is 1. The zero-order valence-electron chi connectivity index (χ0n) is 16.0. The Labute approximate surface area is 171 Å². The summed E-state index contributed by atoms with van der Waals surface area (Å²) in [5.41, 5.74) is 7.01. The Morgan fingerprint density at radius 2 is 2.10 bits per heavy atom. The van der Waals surface area contributed by atoms with Gasteiger partial charge in [-0.2, -0.15) is 5.10 Å². The molecule has 0 spiro atoms. The van der Waals surface area contributed by atoms with Crippen LogP contribution in [0.25, 0.3) is 22.4 Å². The van der Waals surface area contributed by atoms with Crippen molar-refractivity contribution < 1.29 is 14.3 Å². The van der Waals surface area contributed by atoms with Crippen molar-refractivity contribution in [2.24, 2.45) is 5.73 Å². The smallest absolute Gasteiger partial charge is 0.405 e. The van der Waals surface area contributed by atoms with Gasteiger partial charge in [-0.1, -0.05) is 11.6 Å². The molecular weight excluding hydrogens is 398 g/mol. The van der Waals surface area contributed by atoms with Crippen LogP contribution in [0.2, 0.25) is 5.02 Å². The molecular formula is C18H20ClN7O3. The van der Waals surface area contributed by atoms with Crippen molar-refractivity contribution in [1.29, 1.82) is 0 Å². The van der Waals surface area contributed by atoms with Crippen molar-refractivity contribution in [3.8, 4) is 17.1 Å². The average molecular weight is 418 g/mol. The van der Waals surface area contributed by atoms with Crippen LogP contribution in [0.4, 0.5) is 10.6 Å². The van der Waals surface area contributed by atoms with Crippen molar-refractivity contribution in [2.75, 3.05) is 25.1 Å². The Hall–Kier alpha value is -3.14. The third-order valence-electron chi connectivity index (χ3n) is 5.06. The number of anilines is 1. The number of fused-ring (bicyclic) bond motifs is 1. The van der Waals surface area contributed by atoms with E-state index in [0.29, 0.717) is 65.1 Å². The fourth-order valence-corrected chi connectivity index (χ4v) is 3.72. The molecule has 4 heterocycles. The third kappa shape index (κ3) is 3.63. The summed E-state index contributed by atoms with van der Waals surface area (Å²) in [5.74, 6) is 1.03. The molecule has 0 aromatic carbocycles. The van der Waals surface area contributed by atoms with Crippen LogP contribution in [-0.4, -0.2) is 57.0 Å². The monoisotopic (exact) mass is 417 g/mol. The molecule has 0 radical (unpaired) electrons. The van der Waals surface area contributed by atoms with Crippen LogP contribution < -0.4 is 15.4 Å². The Balaban J connectivity index is 1.59. The minimum absolute atomic E-state index is 0.325. The summed E-state index contributed by atoms with van der Waals surface area (Å²) in [7, 11) is 1.51. The number of aromatic nitrogens is 5. The minimum Gasteiger partial charge on any atom is -0.480 e. The van der Waals surface area contributed by atoms with Gasteiger partial charge in [0, 0.05) is 37.7 Å². The second kappa shape index (κ2) is 7.36. The maximum Gasteiger partial charge on any atom is 0.405 e. The van der Waals surface area contributed by atoms with Crippen LogP contribution in [0.1, 0.15) is 19.8 Å². The predicted octanol–water partition coefficient (Wildman–Crippen LogP) is 2.53. The summed E-state index contributed by atoms with van der Waals surface area (Å²) in [5, 5.41) is 7.61. The molecule has 0 saturated carbocycles. The number of H-pyrrole nitrogens is 1. The number of halogens is 1. The molecule has 4 rings (SSSR count). The van der Waals surface area contributed by atoms with E-state index < -0.39 is 11.7 Å². The molecule has 1 saturated heterocycles. The van der Waals surface area contributed by atoms with Gasteiger partial charge < -0.3 is 20.1 Å². The molecule has 0 unspecified atom stereocenters. The highest BCUT2D eigenvalue weighted by molar-refractivity contribution is 6.34. The number of nitrogens with zero attached hydrogens (tertiary/aromatic N) is 5. The Bertz CT molecular complexity index is 1060. The average Bonchev–Trinajstić information content (AvgIpc) is 3.11. The van der Waals surface area contributed by atoms with Crippen LogP contribution in [0, 0.1) is 0 Å². The lowest BCUT2D eigenvalue weighted by Gasteiger charge is -2.38. The topological polar surface area (TPSA) is 132 Å². The molecule has 10 nitrogen and oxygen atoms in total. The van der Waals surface area contributed by atoms with Gasteiger partial charge in [-0.05, 0) is 13.0 Å². The summed E-state index contributed by atoms with van der Waals surface area (Å²) in [6.45, 7) is 3.21. The lowest BCUT2D eigenvalue weighted by atomic mass is 9.93. The zero-order valence-corrected chi connectivity index (χ0v) is 16.7. The fraction of sp³-hybridized carbons (Fsp3) is 0.389. The van der Waals surface area contributed by atoms with Crippen LogP contribution in [0.15, 0.2) is 18.5 Å². The Kier molecular flexibility index (Phi) is 4.87. The molecule has 0 aliphatic carbocycles. The van der Waals surface area contributed by atoms with Crippen LogP contribution >= 0.6 is 11.6 Å². The predicted molar refractivity (Wildman–Crippen MR) is 107 cm³/mol. The maximum absolute atomic E-state index is 11.1. The standard InChI is InChI=1S/C18H20ClN7O3/c1-18(29-17(20)27)4-7-26(8-5-18)11-9-22-14-13(24-25-15(14)23-11)10-3-6-21-16(28-2)12(10)19/h3,6,9H,4-5,7-8H2,1-2H3,(H2,20,27)(H,23,24,25). The van der Waals surface area contributed by atoms with Gasteiger partial charge in [0.25, 0.3) is 0 Å². The van der Waals surface area contributed by atoms with E-state index in [2.05, 4.69) is 30.0 Å². The van der Waals surface area contributed by atoms with Crippen LogP contribution in [0.5, 0.6) is 5.88 Å². The largest absolute Gasteiger partial charge is 0.480 e. The molecule has 3 aromatic rings. The molecule has 152 valence electrons. The maximum atomic E-state index is 11.1. The number of rotatable bonds is 4. The number of methoxy groups -OCH3 is 1. The van der Waals surface area contributed by atoms with Crippen LogP contribution in [-0.2, 0) is 4.74 Å². The van der Waals surface area contributed by atoms with Crippen molar-refractivity contribution in [3.63, 3.8) is 0 Å². The Morgan fingerprint density at radius 3 is 2.79 bits per heavy atom. The van der Waals surface area contributed by atoms with Gasteiger partial charge in [0.2, 0.25) is 11.5 Å². The van der Waals surface area contributed by atoms with E-state index in [1.165, 1.54) is 7.11 Å². The molecule has 3 aromatic heterocycles. The number of primary amides is 1. The van der Waals surface area contributed by atoms with E-state index in [4.69, 9.17) is 26.8 Å². The van der Waals surface area contributed by atoms with Gasteiger partial charge in [0.1, 0.15) is 22.0 Å². The zero-order chi connectivity index (χ0) is 20.6. The molecule has 0 bridgehead atoms. The van der Waals surface area contributed by atoms with E-state index in [1.807, 2.05) is 6.92 Å². The summed E-state index contributed by atoms with van der Waals surface area (Å²) in [6, 6.07) is 1.76. The fourth-order valence-electron chi connectivity index (χ4n) is 3.44. The van der Waals surface area contributed by atoms with Crippen molar-refractivity contribution in [3.05, 3.63) is 23.5 Å². The molecule has 0 atom stereocenters. The normalized spacial score (nSPS) is 16.0. The number of carbonyl (C=O) groups is 1. The number of nitrogens with two attached hydrogens (primary N) is 1. The summed E-state index contributed by atoms with van der Waals surface area (Å²) in [6.07, 6.45) is 3.85. The first-order chi connectivity index (χ1) is 13.9. The lowest BCUT2D eigenvalue weighted by Crippen LogP contribution is -2.46. The van der Waals surface area contributed by atoms with E-state index >= 15 is 0 Å². The number of nitrogens with one attached hydrogen (secondary N) is 1. The van der Waals surface area contributed by atoms with Gasteiger partial charge in [0.05, 0.1) is 19.0 Å². The van der Waals surface area contributed by atoms with Gasteiger partial charge in [0.15, 0.2) is 0 Å². The van der Waals surface area contributed by atoms with Gasteiger partial charge >= 0.3 is 6.09 Å². The lowest BCUT2D eigenvalue weighted by molar-refractivity contribution is 0.0126. The van der Waals surface area contributed by atoms with E-state index in [0.717, 1.165) is 0 Å². The van der Waals surface area contributed by atoms with Gasteiger partial charge in [-0.25, -0.2) is 19.7 Å². The molecule has 1 aliphatic heterocycles.